The highest BCUT2D eigenvalue weighted by Gasteiger charge is 2.32. The minimum absolute atomic E-state index is 0.130. The molecule has 0 atom stereocenters. The van der Waals surface area contributed by atoms with Crippen molar-refractivity contribution in [1.82, 2.24) is 0 Å². The topological polar surface area (TPSA) is 35.5 Å². The van der Waals surface area contributed by atoms with E-state index >= 15 is 0 Å². The van der Waals surface area contributed by atoms with E-state index in [0.717, 1.165) is 36.8 Å². The number of allylic oxidation sites excluding steroid dienone is 1. The Bertz CT molecular complexity index is 603. The highest BCUT2D eigenvalue weighted by molar-refractivity contribution is 5.82. The molecule has 2 saturated carbocycles. The Hall–Kier alpha value is -1.77. The summed E-state index contributed by atoms with van der Waals surface area (Å²) in [6.45, 7) is 2.03. The third kappa shape index (κ3) is 5.60. The molecule has 0 heterocycles. The van der Waals surface area contributed by atoms with Crippen LogP contribution in [0.15, 0.2) is 36.4 Å². The molecular formula is C24H34O3. The van der Waals surface area contributed by atoms with Crippen LogP contribution in [0.4, 0.5) is 0 Å². The zero-order chi connectivity index (χ0) is 19.1. The standard InChI is InChI=1S/C24H34O3/c1-3-4-5-24(25)27-23-16-12-21(13-17-23)19-8-6-18(7-9-19)20-10-14-22(26-2)15-11-20/h4-5,10-11,14-15,18-19,21,23H,3,6-9,12-13,16-17H2,1-2H3/b5-4+. The molecule has 3 rings (SSSR count). The van der Waals surface area contributed by atoms with E-state index in [4.69, 9.17) is 9.47 Å². The van der Waals surface area contributed by atoms with Gasteiger partial charge in [0.2, 0.25) is 0 Å². The molecular weight excluding hydrogens is 336 g/mol. The molecule has 148 valence electrons. The normalized spacial score (nSPS) is 28.8. The van der Waals surface area contributed by atoms with Crippen LogP contribution in [0.2, 0.25) is 0 Å². The first kappa shape index (κ1) is 20.0. The Morgan fingerprint density at radius 3 is 2.11 bits per heavy atom. The summed E-state index contributed by atoms with van der Waals surface area (Å²) in [6.07, 6.45) is 14.2. The predicted molar refractivity (Wildman–Crippen MR) is 109 cm³/mol. The van der Waals surface area contributed by atoms with Crippen LogP contribution in [-0.2, 0) is 9.53 Å². The molecule has 0 bridgehead atoms. The summed E-state index contributed by atoms with van der Waals surface area (Å²) in [5, 5.41) is 0. The van der Waals surface area contributed by atoms with Crippen molar-refractivity contribution < 1.29 is 14.3 Å². The van der Waals surface area contributed by atoms with Crippen molar-refractivity contribution in [1.29, 1.82) is 0 Å². The second-order valence-corrected chi connectivity index (χ2v) is 8.17. The Morgan fingerprint density at radius 2 is 1.56 bits per heavy atom. The van der Waals surface area contributed by atoms with Gasteiger partial charge in [0.15, 0.2) is 0 Å². The van der Waals surface area contributed by atoms with E-state index < -0.39 is 0 Å². The van der Waals surface area contributed by atoms with Gasteiger partial charge in [0.1, 0.15) is 11.9 Å². The fraction of sp³-hybridized carbons (Fsp3) is 0.625. The van der Waals surface area contributed by atoms with Crippen molar-refractivity contribution in [3.63, 3.8) is 0 Å². The van der Waals surface area contributed by atoms with Crippen LogP contribution in [-0.4, -0.2) is 19.2 Å². The van der Waals surface area contributed by atoms with E-state index in [9.17, 15) is 4.79 Å². The number of hydrogen-bond acceptors (Lipinski definition) is 3. The maximum Gasteiger partial charge on any atom is 0.330 e. The van der Waals surface area contributed by atoms with E-state index in [-0.39, 0.29) is 12.1 Å². The van der Waals surface area contributed by atoms with Crippen LogP contribution in [0, 0.1) is 11.8 Å². The number of rotatable bonds is 6. The average Bonchev–Trinajstić information content (AvgIpc) is 2.73. The van der Waals surface area contributed by atoms with Gasteiger partial charge in [-0.05, 0) is 93.2 Å². The molecule has 27 heavy (non-hydrogen) atoms. The number of methoxy groups -OCH3 is 1. The molecule has 1 aromatic rings. The van der Waals surface area contributed by atoms with Crippen molar-refractivity contribution in [2.24, 2.45) is 11.8 Å². The molecule has 0 radical (unpaired) electrons. The molecule has 2 fully saturated rings. The Kier molecular flexibility index (Phi) is 7.37. The first-order valence-corrected chi connectivity index (χ1v) is 10.7. The van der Waals surface area contributed by atoms with Crippen molar-refractivity contribution in [3.8, 4) is 5.75 Å². The molecule has 0 unspecified atom stereocenters. The number of carbonyl (C=O) groups is 1. The lowest BCUT2D eigenvalue weighted by Gasteiger charge is -2.37. The summed E-state index contributed by atoms with van der Waals surface area (Å²) in [6, 6.07) is 8.63. The highest BCUT2D eigenvalue weighted by Crippen LogP contribution is 2.43. The molecule has 3 heteroatoms. The minimum Gasteiger partial charge on any atom is -0.497 e. The fourth-order valence-corrected chi connectivity index (χ4v) is 4.90. The number of hydrogen-bond donors (Lipinski definition) is 0. The van der Waals surface area contributed by atoms with Gasteiger partial charge in [-0.3, -0.25) is 0 Å². The SMILES string of the molecule is CC/C=C/C(=O)OC1CCC(C2CCC(c3ccc(OC)cc3)CC2)CC1. The van der Waals surface area contributed by atoms with Gasteiger partial charge in [0.05, 0.1) is 7.11 Å². The third-order valence-corrected chi connectivity index (χ3v) is 6.52. The number of esters is 1. The molecule has 1 aromatic carbocycles. The van der Waals surface area contributed by atoms with Gasteiger partial charge in [0, 0.05) is 6.08 Å². The molecule has 0 aromatic heterocycles. The Morgan fingerprint density at radius 1 is 0.963 bits per heavy atom. The van der Waals surface area contributed by atoms with Gasteiger partial charge < -0.3 is 9.47 Å². The van der Waals surface area contributed by atoms with Gasteiger partial charge in [-0.1, -0.05) is 25.1 Å². The highest BCUT2D eigenvalue weighted by atomic mass is 16.5. The zero-order valence-electron chi connectivity index (χ0n) is 16.9. The second kappa shape index (κ2) is 9.96. The summed E-state index contributed by atoms with van der Waals surface area (Å²) >= 11 is 0. The molecule has 3 nitrogen and oxygen atoms in total. The summed E-state index contributed by atoms with van der Waals surface area (Å²) in [7, 11) is 1.72. The van der Waals surface area contributed by atoms with Crippen LogP contribution < -0.4 is 4.74 Å². The Balaban J connectivity index is 1.41. The van der Waals surface area contributed by atoms with Crippen LogP contribution in [0.3, 0.4) is 0 Å². The second-order valence-electron chi connectivity index (χ2n) is 8.17. The van der Waals surface area contributed by atoms with Crippen molar-refractivity contribution in [2.75, 3.05) is 7.11 Å². The fourth-order valence-electron chi connectivity index (χ4n) is 4.90. The lowest BCUT2D eigenvalue weighted by atomic mass is 9.69. The van der Waals surface area contributed by atoms with Gasteiger partial charge in [0.25, 0.3) is 0 Å². The third-order valence-electron chi connectivity index (χ3n) is 6.52. The number of ether oxygens (including phenoxy) is 2. The molecule has 0 saturated heterocycles. The summed E-state index contributed by atoms with van der Waals surface area (Å²) < 4.78 is 10.9. The van der Waals surface area contributed by atoms with E-state index in [0.29, 0.717) is 5.92 Å². The van der Waals surface area contributed by atoms with Crippen LogP contribution in [0.5, 0.6) is 5.75 Å². The number of benzene rings is 1. The monoisotopic (exact) mass is 370 g/mol. The van der Waals surface area contributed by atoms with Crippen molar-refractivity contribution in [2.45, 2.75) is 76.7 Å². The first-order chi connectivity index (χ1) is 13.2. The lowest BCUT2D eigenvalue weighted by Crippen LogP contribution is -2.29. The minimum atomic E-state index is -0.166. The molecule has 0 aliphatic heterocycles. The number of carbonyl (C=O) groups excluding carboxylic acids is 1. The van der Waals surface area contributed by atoms with Crippen LogP contribution in [0.25, 0.3) is 0 Å². The summed E-state index contributed by atoms with van der Waals surface area (Å²) in [4.78, 5) is 11.7. The van der Waals surface area contributed by atoms with E-state index in [1.807, 2.05) is 13.0 Å². The van der Waals surface area contributed by atoms with Crippen molar-refractivity contribution >= 4 is 5.97 Å². The Labute approximate surface area is 164 Å². The van der Waals surface area contributed by atoms with Crippen LogP contribution in [0.1, 0.15) is 76.2 Å². The van der Waals surface area contributed by atoms with Gasteiger partial charge >= 0.3 is 5.97 Å². The maximum atomic E-state index is 11.7. The zero-order valence-corrected chi connectivity index (χ0v) is 16.9. The van der Waals surface area contributed by atoms with Gasteiger partial charge in [-0.25, -0.2) is 4.79 Å². The predicted octanol–water partition coefficient (Wildman–Crippen LogP) is 6.04. The average molecular weight is 371 g/mol. The molecule has 2 aliphatic carbocycles. The van der Waals surface area contributed by atoms with E-state index in [1.165, 1.54) is 44.1 Å². The van der Waals surface area contributed by atoms with Crippen LogP contribution >= 0.6 is 0 Å². The van der Waals surface area contributed by atoms with Crippen molar-refractivity contribution in [3.05, 3.63) is 42.0 Å². The maximum absolute atomic E-state index is 11.7. The summed E-state index contributed by atoms with van der Waals surface area (Å²) in [5.41, 5.74) is 1.46. The smallest absolute Gasteiger partial charge is 0.330 e. The van der Waals surface area contributed by atoms with E-state index in [1.54, 1.807) is 13.2 Å². The van der Waals surface area contributed by atoms with E-state index in [2.05, 4.69) is 24.3 Å². The molecule has 2 aliphatic rings. The molecule has 0 spiro atoms. The summed E-state index contributed by atoms with van der Waals surface area (Å²) in [5.74, 6) is 3.16. The van der Waals surface area contributed by atoms with Gasteiger partial charge in [-0.2, -0.15) is 0 Å². The molecule has 0 N–H and O–H groups in total. The van der Waals surface area contributed by atoms with Gasteiger partial charge in [-0.15, -0.1) is 0 Å². The lowest BCUT2D eigenvalue weighted by molar-refractivity contribution is -0.145. The first-order valence-electron chi connectivity index (χ1n) is 10.7. The largest absolute Gasteiger partial charge is 0.497 e. The molecule has 0 amide bonds. The quantitative estimate of drug-likeness (QED) is 0.452.